The SMILES string of the molecule is CCC(CCC(C#N)(c1ccc(F)c(F)c1)C1CC1)N(Cc1ccccc1)C(C)C. The van der Waals surface area contributed by atoms with Crippen molar-refractivity contribution >= 4 is 0 Å². The fourth-order valence-corrected chi connectivity index (χ4v) is 4.67. The summed E-state index contributed by atoms with van der Waals surface area (Å²) in [6, 6.07) is 17.7. The Labute approximate surface area is 179 Å². The van der Waals surface area contributed by atoms with E-state index < -0.39 is 17.0 Å². The lowest BCUT2D eigenvalue weighted by atomic mass is 9.73. The number of rotatable bonds is 10. The average Bonchev–Trinajstić information content (AvgIpc) is 3.59. The highest BCUT2D eigenvalue weighted by atomic mass is 19.2. The summed E-state index contributed by atoms with van der Waals surface area (Å²) < 4.78 is 27.5. The quantitative estimate of drug-likeness (QED) is 0.441. The number of hydrogen-bond donors (Lipinski definition) is 0. The molecule has 0 aliphatic heterocycles. The van der Waals surface area contributed by atoms with Crippen molar-refractivity contribution in [3.8, 4) is 6.07 Å². The first-order chi connectivity index (χ1) is 14.4. The van der Waals surface area contributed by atoms with Gasteiger partial charge in [0.2, 0.25) is 0 Å². The molecule has 1 aliphatic carbocycles. The van der Waals surface area contributed by atoms with Gasteiger partial charge in [0, 0.05) is 18.6 Å². The van der Waals surface area contributed by atoms with E-state index in [-0.39, 0.29) is 5.92 Å². The maximum absolute atomic E-state index is 14.0. The average molecular weight is 411 g/mol. The molecule has 2 aromatic rings. The largest absolute Gasteiger partial charge is 0.294 e. The van der Waals surface area contributed by atoms with Crippen LogP contribution in [0.4, 0.5) is 8.78 Å². The van der Waals surface area contributed by atoms with Crippen molar-refractivity contribution in [2.75, 3.05) is 0 Å². The van der Waals surface area contributed by atoms with Crippen LogP contribution >= 0.6 is 0 Å². The van der Waals surface area contributed by atoms with E-state index in [1.54, 1.807) is 6.07 Å². The number of nitrogens with zero attached hydrogens (tertiary/aromatic N) is 2. The first-order valence-electron chi connectivity index (χ1n) is 11.1. The van der Waals surface area contributed by atoms with E-state index in [4.69, 9.17) is 0 Å². The Morgan fingerprint density at radius 2 is 1.80 bits per heavy atom. The molecule has 160 valence electrons. The third-order valence-electron chi connectivity index (χ3n) is 6.59. The van der Waals surface area contributed by atoms with Gasteiger partial charge in [-0.25, -0.2) is 8.78 Å². The van der Waals surface area contributed by atoms with E-state index in [0.29, 0.717) is 24.1 Å². The molecule has 30 heavy (non-hydrogen) atoms. The monoisotopic (exact) mass is 410 g/mol. The van der Waals surface area contributed by atoms with Gasteiger partial charge in [0.15, 0.2) is 11.6 Å². The summed E-state index contributed by atoms with van der Waals surface area (Å²) in [6.07, 6.45) is 4.44. The van der Waals surface area contributed by atoms with Gasteiger partial charge >= 0.3 is 0 Å². The van der Waals surface area contributed by atoms with Crippen LogP contribution in [0.3, 0.4) is 0 Å². The summed E-state index contributed by atoms with van der Waals surface area (Å²) in [5.74, 6) is -1.50. The van der Waals surface area contributed by atoms with Crippen LogP contribution in [0, 0.1) is 28.9 Å². The van der Waals surface area contributed by atoms with E-state index in [0.717, 1.165) is 38.3 Å². The normalized spacial score (nSPS) is 17.0. The van der Waals surface area contributed by atoms with Gasteiger partial charge in [-0.1, -0.05) is 43.3 Å². The highest BCUT2D eigenvalue weighted by molar-refractivity contribution is 5.36. The van der Waals surface area contributed by atoms with Crippen LogP contribution in [0.2, 0.25) is 0 Å². The van der Waals surface area contributed by atoms with Crippen LogP contribution in [0.5, 0.6) is 0 Å². The number of halogens is 2. The van der Waals surface area contributed by atoms with Gasteiger partial charge in [-0.2, -0.15) is 5.26 Å². The predicted octanol–water partition coefficient (Wildman–Crippen LogP) is 6.61. The number of benzene rings is 2. The maximum Gasteiger partial charge on any atom is 0.159 e. The van der Waals surface area contributed by atoms with Crippen molar-refractivity contribution < 1.29 is 8.78 Å². The zero-order valence-corrected chi connectivity index (χ0v) is 18.2. The molecule has 0 N–H and O–H groups in total. The molecule has 2 unspecified atom stereocenters. The number of hydrogen-bond acceptors (Lipinski definition) is 2. The Morgan fingerprint density at radius 1 is 1.10 bits per heavy atom. The van der Waals surface area contributed by atoms with Crippen molar-refractivity contribution in [3.05, 3.63) is 71.3 Å². The summed E-state index contributed by atoms with van der Waals surface area (Å²) in [6.45, 7) is 7.47. The summed E-state index contributed by atoms with van der Waals surface area (Å²) >= 11 is 0. The van der Waals surface area contributed by atoms with Gasteiger partial charge in [0.05, 0.1) is 11.5 Å². The molecule has 0 saturated heterocycles. The molecule has 0 spiro atoms. The van der Waals surface area contributed by atoms with Gasteiger partial charge in [-0.15, -0.1) is 0 Å². The first-order valence-corrected chi connectivity index (χ1v) is 11.1. The van der Waals surface area contributed by atoms with Crippen LogP contribution in [-0.4, -0.2) is 17.0 Å². The smallest absolute Gasteiger partial charge is 0.159 e. The topological polar surface area (TPSA) is 27.0 Å². The van der Waals surface area contributed by atoms with Crippen molar-refractivity contribution in [1.82, 2.24) is 4.90 Å². The minimum atomic E-state index is -0.868. The highest BCUT2D eigenvalue weighted by Crippen LogP contribution is 2.50. The van der Waals surface area contributed by atoms with Crippen LogP contribution in [0.15, 0.2) is 48.5 Å². The van der Waals surface area contributed by atoms with Gasteiger partial charge in [0.1, 0.15) is 0 Å². The Kier molecular flexibility index (Phi) is 7.26. The standard InChI is InChI=1S/C26H32F2N2/c1-4-23(30(19(2)3)17-20-8-6-5-7-9-20)14-15-26(18-29,21-10-11-21)22-12-13-24(27)25(28)16-22/h5-9,12-13,16,19,21,23H,4,10-11,14-15,17H2,1-3H3. The van der Waals surface area contributed by atoms with Gasteiger partial charge in [-0.3, -0.25) is 4.90 Å². The Bertz CT molecular complexity index is 870. The Morgan fingerprint density at radius 3 is 2.33 bits per heavy atom. The molecule has 3 rings (SSSR count). The third kappa shape index (κ3) is 4.90. The van der Waals surface area contributed by atoms with Crippen molar-refractivity contribution in [3.63, 3.8) is 0 Å². The van der Waals surface area contributed by atoms with E-state index in [1.807, 2.05) is 6.07 Å². The van der Waals surface area contributed by atoms with Crippen LogP contribution in [0.25, 0.3) is 0 Å². The van der Waals surface area contributed by atoms with Crippen LogP contribution in [0.1, 0.15) is 64.0 Å². The van der Waals surface area contributed by atoms with E-state index in [9.17, 15) is 14.0 Å². The van der Waals surface area contributed by atoms with Crippen molar-refractivity contribution in [2.45, 2.75) is 76.9 Å². The molecule has 0 amide bonds. The Balaban J connectivity index is 1.82. The first kappa shape index (κ1) is 22.4. The van der Waals surface area contributed by atoms with Crippen molar-refractivity contribution in [2.24, 2.45) is 5.92 Å². The number of nitriles is 1. The highest BCUT2D eigenvalue weighted by Gasteiger charge is 2.47. The Hall–Kier alpha value is -2.25. The molecule has 1 fully saturated rings. The minimum Gasteiger partial charge on any atom is -0.294 e. The van der Waals surface area contributed by atoms with Crippen LogP contribution in [-0.2, 0) is 12.0 Å². The molecule has 4 heteroatoms. The zero-order chi connectivity index (χ0) is 21.7. The lowest BCUT2D eigenvalue weighted by molar-refractivity contribution is 0.125. The molecule has 1 aliphatic rings. The molecule has 2 aromatic carbocycles. The van der Waals surface area contributed by atoms with E-state index >= 15 is 0 Å². The van der Waals surface area contributed by atoms with Gasteiger partial charge in [-0.05, 0) is 75.1 Å². The molecule has 0 aromatic heterocycles. The molecular formula is C26H32F2N2. The fraction of sp³-hybridized carbons (Fsp3) is 0.500. The molecule has 2 nitrogen and oxygen atoms in total. The van der Waals surface area contributed by atoms with E-state index in [1.165, 1.54) is 11.6 Å². The molecule has 0 radical (unpaired) electrons. The maximum atomic E-state index is 14.0. The molecule has 1 saturated carbocycles. The van der Waals surface area contributed by atoms with E-state index in [2.05, 4.69) is 56.0 Å². The molecule has 0 bridgehead atoms. The summed E-state index contributed by atoms with van der Waals surface area (Å²) in [7, 11) is 0. The fourth-order valence-electron chi connectivity index (χ4n) is 4.67. The summed E-state index contributed by atoms with van der Waals surface area (Å²) in [4.78, 5) is 2.50. The predicted molar refractivity (Wildman–Crippen MR) is 117 cm³/mol. The van der Waals surface area contributed by atoms with Gasteiger partial charge in [0.25, 0.3) is 0 Å². The van der Waals surface area contributed by atoms with Crippen molar-refractivity contribution in [1.29, 1.82) is 5.26 Å². The minimum absolute atomic E-state index is 0.228. The zero-order valence-electron chi connectivity index (χ0n) is 18.2. The summed E-state index contributed by atoms with van der Waals surface area (Å²) in [5.41, 5.74) is 1.16. The van der Waals surface area contributed by atoms with Gasteiger partial charge < -0.3 is 0 Å². The second-order valence-electron chi connectivity index (χ2n) is 8.84. The second-order valence-corrected chi connectivity index (χ2v) is 8.84. The molecule has 0 heterocycles. The molecule has 2 atom stereocenters. The summed E-state index contributed by atoms with van der Waals surface area (Å²) in [5, 5.41) is 10.2. The third-order valence-corrected chi connectivity index (χ3v) is 6.59. The van der Waals surface area contributed by atoms with Crippen LogP contribution < -0.4 is 0 Å². The molecular weight excluding hydrogens is 378 g/mol. The second kappa shape index (κ2) is 9.71. The lowest BCUT2D eigenvalue weighted by Gasteiger charge is -2.37. The lowest BCUT2D eigenvalue weighted by Crippen LogP contribution is -2.41.